The van der Waals surface area contributed by atoms with E-state index in [1.807, 2.05) is 0 Å². The molecule has 0 aromatic carbocycles. The van der Waals surface area contributed by atoms with Crippen molar-refractivity contribution in [3.05, 3.63) is 0 Å². The molecule has 2 heterocycles. The highest BCUT2D eigenvalue weighted by molar-refractivity contribution is 5.04. The van der Waals surface area contributed by atoms with Crippen molar-refractivity contribution < 1.29 is 20.0 Å². The zero-order chi connectivity index (χ0) is 10.5. The van der Waals surface area contributed by atoms with Crippen LogP contribution in [0.4, 0.5) is 0 Å². The number of rotatable bonds is 1. The summed E-state index contributed by atoms with van der Waals surface area (Å²) in [5.41, 5.74) is -1.17. The van der Waals surface area contributed by atoms with Crippen LogP contribution in [-0.2, 0) is 9.78 Å². The second kappa shape index (κ2) is 3.17. The zero-order valence-corrected chi connectivity index (χ0v) is 8.80. The van der Waals surface area contributed by atoms with Gasteiger partial charge in [-0.2, -0.15) is 0 Å². The van der Waals surface area contributed by atoms with Gasteiger partial charge in [0.25, 0.3) is 0 Å². The van der Waals surface area contributed by atoms with Crippen LogP contribution in [0.1, 0.15) is 27.2 Å². The maximum Gasteiger partial charge on any atom is 0.125 e. The minimum Gasteiger partial charge on any atom is -0.387 e. The molecule has 14 heavy (non-hydrogen) atoms. The van der Waals surface area contributed by atoms with Crippen molar-refractivity contribution in [2.24, 2.45) is 11.8 Å². The molecule has 0 unspecified atom stereocenters. The molecule has 2 bridgehead atoms. The minimum atomic E-state index is -1.17. The molecule has 0 aromatic rings. The highest BCUT2D eigenvalue weighted by Gasteiger charge is 2.57. The molecule has 0 amide bonds. The fraction of sp³-hybridized carbons (Fsp3) is 1.00. The first-order valence-corrected chi connectivity index (χ1v) is 5.17. The van der Waals surface area contributed by atoms with Gasteiger partial charge in [-0.05, 0) is 25.2 Å². The first kappa shape index (κ1) is 10.4. The van der Waals surface area contributed by atoms with E-state index in [-0.39, 0.29) is 5.92 Å². The van der Waals surface area contributed by atoms with Crippen LogP contribution in [0.25, 0.3) is 0 Å². The van der Waals surface area contributed by atoms with Gasteiger partial charge in [-0.3, -0.25) is 0 Å². The Morgan fingerprint density at radius 2 is 2.00 bits per heavy atom. The Kier molecular flexibility index (Phi) is 2.34. The van der Waals surface area contributed by atoms with Crippen molar-refractivity contribution in [2.75, 3.05) is 0 Å². The first-order chi connectivity index (χ1) is 6.44. The molecule has 1 saturated carbocycles. The van der Waals surface area contributed by atoms with Gasteiger partial charge in [0.2, 0.25) is 0 Å². The lowest BCUT2D eigenvalue weighted by Crippen LogP contribution is -2.67. The van der Waals surface area contributed by atoms with Gasteiger partial charge in [0.1, 0.15) is 23.9 Å². The molecule has 3 rings (SSSR count). The molecule has 0 aromatic heterocycles. The van der Waals surface area contributed by atoms with Crippen LogP contribution >= 0.6 is 0 Å². The van der Waals surface area contributed by atoms with Gasteiger partial charge in [0, 0.05) is 0 Å². The summed E-state index contributed by atoms with van der Waals surface area (Å²) >= 11 is 0. The van der Waals surface area contributed by atoms with Crippen molar-refractivity contribution in [2.45, 2.75) is 51.1 Å². The van der Waals surface area contributed by atoms with Crippen molar-refractivity contribution >= 4 is 0 Å². The molecule has 2 saturated heterocycles. The van der Waals surface area contributed by atoms with E-state index in [4.69, 9.17) is 9.78 Å². The quantitative estimate of drug-likeness (QED) is 0.607. The lowest BCUT2D eigenvalue weighted by atomic mass is 9.69. The number of hydrogen-bond donors (Lipinski definition) is 2. The Bertz CT molecular complexity index is 220. The molecule has 0 spiro atoms. The fourth-order valence-corrected chi connectivity index (χ4v) is 2.42. The molecule has 1 aliphatic carbocycles. The van der Waals surface area contributed by atoms with Crippen molar-refractivity contribution in [1.29, 1.82) is 0 Å². The standard InChI is InChI=1S/C10H18O4/c1-5(2)6-4-7-10(3,12)9(11)8(6)14-13-7/h5-9,11-12H,4H2,1-3H3/t6-,7+,8-,9+,10-/m1/s1. The van der Waals surface area contributed by atoms with Crippen molar-refractivity contribution in [3.8, 4) is 0 Å². The molecule has 4 nitrogen and oxygen atoms in total. The Morgan fingerprint density at radius 1 is 1.36 bits per heavy atom. The summed E-state index contributed by atoms with van der Waals surface area (Å²) in [7, 11) is 0. The molecular formula is C10H18O4. The van der Waals surface area contributed by atoms with Crippen molar-refractivity contribution in [1.82, 2.24) is 0 Å². The number of fused-ring (bicyclic) bond motifs is 3. The van der Waals surface area contributed by atoms with E-state index in [0.29, 0.717) is 5.92 Å². The largest absolute Gasteiger partial charge is 0.387 e. The molecular weight excluding hydrogens is 184 g/mol. The molecule has 4 heteroatoms. The Morgan fingerprint density at radius 3 is 2.50 bits per heavy atom. The summed E-state index contributed by atoms with van der Waals surface area (Å²) < 4.78 is 0. The van der Waals surface area contributed by atoms with Gasteiger partial charge < -0.3 is 10.2 Å². The predicted octanol–water partition coefficient (Wildman–Crippen LogP) is 0.473. The van der Waals surface area contributed by atoms with E-state index in [1.54, 1.807) is 6.92 Å². The van der Waals surface area contributed by atoms with E-state index >= 15 is 0 Å². The van der Waals surface area contributed by atoms with Gasteiger partial charge in [-0.15, -0.1) is 0 Å². The fourth-order valence-electron chi connectivity index (χ4n) is 2.42. The molecule has 2 aliphatic heterocycles. The van der Waals surface area contributed by atoms with Gasteiger partial charge in [-0.25, -0.2) is 9.78 Å². The smallest absolute Gasteiger partial charge is 0.125 e. The molecule has 3 aliphatic rings. The van der Waals surface area contributed by atoms with Crippen molar-refractivity contribution in [3.63, 3.8) is 0 Å². The number of aliphatic hydroxyl groups is 2. The van der Waals surface area contributed by atoms with Gasteiger partial charge in [0.15, 0.2) is 0 Å². The number of aliphatic hydroxyl groups excluding tert-OH is 1. The summed E-state index contributed by atoms with van der Waals surface area (Å²) in [5, 5.41) is 19.9. The van der Waals surface area contributed by atoms with Crippen LogP contribution in [0, 0.1) is 11.8 Å². The van der Waals surface area contributed by atoms with E-state index < -0.39 is 23.9 Å². The predicted molar refractivity (Wildman–Crippen MR) is 49.3 cm³/mol. The van der Waals surface area contributed by atoms with E-state index in [2.05, 4.69) is 13.8 Å². The van der Waals surface area contributed by atoms with E-state index in [9.17, 15) is 10.2 Å². The van der Waals surface area contributed by atoms with E-state index in [0.717, 1.165) is 6.42 Å². The summed E-state index contributed by atoms with van der Waals surface area (Å²) in [6, 6.07) is 0. The average molecular weight is 202 g/mol. The molecule has 2 N–H and O–H groups in total. The highest BCUT2D eigenvalue weighted by Crippen LogP contribution is 2.43. The molecule has 5 atom stereocenters. The van der Waals surface area contributed by atoms with Crippen LogP contribution < -0.4 is 0 Å². The third-order valence-electron chi connectivity index (χ3n) is 3.61. The van der Waals surface area contributed by atoms with Crippen LogP contribution in [0.15, 0.2) is 0 Å². The Labute approximate surface area is 83.8 Å². The summed E-state index contributed by atoms with van der Waals surface area (Å²) in [5.74, 6) is 0.695. The third-order valence-corrected chi connectivity index (χ3v) is 3.61. The molecule has 82 valence electrons. The summed E-state index contributed by atoms with van der Waals surface area (Å²) in [6.07, 6.45) is -0.890. The monoisotopic (exact) mass is 202 g/mol. The van der Waals surface area contributed by atoms with Crippen LogP contribution in [0.2, 0.25) is 0 Å². The molecule has 3 fully saturated rings. The highest BCUT2D eigenvalue weighted by atomic mass is 17.2. The SMILES string of the molecule is CC(C)[C@H]1C[C@@H]2OO[C@H]1[C@H](O)[C@]2(C)O. The second-order valence-corrected chi connectivity index (χ2v) is 4.96. The summed E-state index contributed by atoms with van der Waals surface area (Å²) in [6.45, 7) is 5.79. The van der Waals surface area contributed by atoms with Crippen LogP contribution in [0.3, 0.4) is 0 Å². The van der Waals surface area contributed by atoms with Gasteiger partial charge in [-0.1, -0.05) is 13.8 Å². The first-order valence-electron chi connectivity index (χ1n) is 5.17. The van der Waals surface area contributed by atoms with Gasteiger partial charge >= 0.3 is 0 Å². The van der Waals surface area contributed by atoms with Crippen LogP contribution in [0.5, 0.6) is 0 Å². The van der Waals surface area contributed by atoms with Gasteiger partial charge in [0.05, 0.1) is 0 Å². The maximum atomic E-state index is 9.98. The Hall–Kier alpha value is -0.160. The third kappa shape index (κ3) is 1.29. The lowest BCUT2D eigenvalue weighted by molar-refractivity contribution is -0.467. The number of hydrogen-bond acceptors (Lipinski definition) is 4. The lowest BCUT2D eigenvalue weighted by Gasteiger charge is -2.52. The molecule has 0 radical (unpaired) electrons. The van der Waals surface area contributed by atoms with Crippen LogP contribution in [-0.4, -0.2) is 34.1 Å². The summed E-state index contributed by atoms with van der Waals surface area (Å²) in [4.78, 5) is 10.1. The minimum absolute atomic E-state index is 0.268. The maximum absolute atomic E-state index is 9.98. The zero-order valence-electron chi connectivity index (χ0n) is 8.80. The van der Waals surface area contributed by atoms with E-state index in [1.165, 1.54) is 0 Å². The normalized spacial score (nSPS) is 52.7. The second-order valence-electron chi connectivity index (χ2n) is 4.96. The average Bonchev–Trinajstić information content (AvgIpc) is 2.13. The Balaban J connectivity index is 2.22. The topological polar surface area (TPSA) is 58.9 Å².